The van der Waals surface area contributed by atoms with Crippen molar-refractivity contribution in [1.29, 1.82) is 0 Å². The van der Waals surface area contributed by atoms with E-state index < -0.39 is 0 Å². The number of para-hydroxylation sites is 1. The van der Waals surface area contributed by atoms with Crippen molar-refractivity contribution >= 4 is 5.69 Å². The first-order valence-electron chi connectivity index (χ1n) is 8.01. The van der Waals surface area contributed by atoms with E-state index in [9.17, 15) is 0 Å². The van der Waals surface area contributed by atoms with E-state index in [4.69, 9.17) is 0 Å². The largest absolute Gasteiger partial charge is 0.371 e. The maximum Gasteiger partial charge on any atom is 0.0412 e. The molecule has 2 rings (SSSR count). The molecule has 0 unspecified atom stereocenters. The lowest BCUT2D eigenvalue weighted by atomic mass is 9.84. The van der Waals surface area contributed by atoms with Gasteiger partial charge >= 0.3 is 0 Å². The molecule has 0 aromatic heterocycles. The zero-order chi connectivity index (χ0) is 14.6. The Hall–Kier alpha value is -1.02. The lowest BCUT2D eigenvalue weighted by Gasteiger charge is -2.40. The summed E-state index contributed by atoms with van der Waals surface area (Å²) in [6.45, 7) is 13.7. The summed E-state index contributed by atoms with van der Waals surface area (Å²) in [6, 6.07) is 8.88. The van der Waals surface area contributed by atoms with Crippen molar-refractivity contribution < 1.29 is 0 Å². The highest BCUT2D eigenvalue weighted by Gasteiger charge is 2.27. The highest BCUT2D eigenvalue weighted by atomic mass is 15.1. The number of hydrogen-bond acceptors (Lipinski definition) is 2. The SMILES string of the molecule is CC(C)CNCc1ccccc1N1CCCC(C)(C)C1. The first-order chi connectivity index (χ1) is 9.48. The van der Waals surface area contributed by atoms with Crippen LogP contribution in [0.3, 0.4) is 0 Å². The van der Waals surface area contributed by atoms with E-state index in [2.05, 4.69) is 62.2 Å². The van der Waals surface area contributed by atoms with Crippen molar-refractivity contribution in [2.75, 3.05) is 24.5 Å². The second-order valence-electron chi connectivity index (χ2n) is 7.34. The van der Waals surface area contributed by atoms with Crippen molar-refractivity contribution in [2.24, 2.45) is 11.3 Å². The van der Waals surface area contributed by atoms with E-state index >= 15 is 0 Å². The topological polar surface area (TPSA) is 15.3 Å². The van der Waals surface area contributed by atoms with Gasteiger partial charge in [-0.1, -0.05) is 45.9 Å². The molecule has 1 heterocycles. The molecule has 2 nitrogen and oxygen atoms in total. The summed E-state index contributed by atoms with van der Waals surface area (Å²) in [5.41, 5.74) is 3.30. The summed E-state index contributed by atoms with van der Waals surface area (Å²) in [4.78, 5) is 2.58. The maximum atomic E-state index is 3.57. The van der Waals surface area contributed by atoms with Crippen LogP contribution in [0, 0.1) is 11.3 Å². The van der Waals surface area contributed by atoms with E-state index in [-0.39, 0.29) is 0 Å². The predicted octanol–water partition coefficient (Wildman–Crippen LogP) is 4.06. The fourth-order valence-electron chi connectivity index (χ4n) is 3.09. The van der Waals surface area contributed by atoms with E-state index in [0.717, 1.165) is 13.1 Å². The van der Waals surface area contributed by atoms with Gasteiger partial charge in [-0.3, -0.25) is 0 Å². The van der Waals surface area contributed by atoms with Crippen LogP contribution in [-0.2, 0) is 6.54 Å². The van der Waals surface area contributed by atoms with E-state index in [0.29, 0.717) is 11.3 Å². The van der Waals surface area contributed by atoms with Gasteiger partial charge in [0.15, 0.2) is 0 Å². The van der Waals surface area contributed by atoms with Crippen LogP contribution in [0.1, 0.15) is 46.1 Å². The minimum absolute atomic E-state index is 0.441. The molecule has 1 fully saturated rings. The van der Waals surface area contributed by atoms with Gasteiger partial charge in [0.25, 0.3) is 0 Å². The van der Waals surface area contributed by atoms with Gasteiger partial charge in [0.05, 0.1) is 0 Å². The molecule has 0 atom stereocenters. The molecule has 1 saturated heterocycles. The minimum atomic E-state index is 0.441. The Morgan fingerprint density at radius 2 is 2.00 bits per heavy atom. The van der Waals surface area contributed by atoms with Gasteiger partial charge in [-0.05, 0) is 42.3 Å². The van der Waals surface area contributed by atoms with E-state index in [1.54, 1.807) is 0 Å². The molecule has 0 saturated carbocycles. The first kappa shape index (κ1) is 15.4. The number of rotatable bonds is 5. The summed E-state index contributed by atoms with van der Waals surface area (Å²) in [5.74, 6) is 0.705. The van der Waals surface area contributed by atoms with Gasteiger partial charge in [0.1, 0.15) is 0 Å². The summed E-state index contributed by atoms with van der Waals surface area (Å²) in [5, 5.41) is 3.57. The zero-order valence-corrected chi connectivity index (χ0v) is 13.6. The van der Waals surface area contributed by atoms with E-state index in [1.165, 1.54) is 37.2 Å². The Morgan fingerprint density at radius 1 is 1.25 bits per heavy atom. The Labute approximate surface area is 124 Å². The number of piperidine rings is 1. The molecule has 0 radical (unpaired) electrons. The Kier molecular flexibility index (Phi) is 5.09. The van der Waals surface area contributed by atoms with Crippen LogP contribution in [0.4, 0.5) is 5.69 Å². The Morgan fingerprint density at radius 3 is 2.70 bits per heavy atom. The van der Waals surface area contributed by atoms with Gasteiger partial charge < -0.3 is 10.2 Å². The summed E-state index contributed by atoms with van der Waals surface area (Å²) < 4.78 is 0. The molecule has 1 aliphatic rings. The number of nitrogens with zero attached hydrogens (tertiary/aromatic N) is 1. The third kappa shape index (κ3) is 4.24. The molecular formula is C18H30N2. The molecule has 20 heavy (non-hydrogen) atoms. The number of anilines is 1. The van der Waals surface area contributed by atoms with Gasteiger partial charge in [0, 0.05) is 25.3 Å². The molecule has 1 N–H and O–H groups in total. The van der Waals surface area contributed by atoms with E-state index in [1.807, 2.05) is 0 Å². The van der Waals surface area contributed by atoms with Gasteiger partial charge in [-0.25, -0.2) is 0 Å². The maximum absolute atomic E-state index is 3.57. The molecule has 0 bridgehead atoms. The summed E-state index contributed by atoms with van der Waals surface area (Å²) in [6.07, 6.45) is 2.65. The van der Waals surface area contributed by atoms with Gasteiger partial charge in [-0.2, -0.15) is 0 Å². The van der Waals surface area contributed by atoms with Crippen LogP contribution >= 0.6 is 0 Å². The standard InChI is InChI=1S/C18H30N2/c1-15(2)12-19-13-16-8-5-6-9-17(16)20-11-7-10-18(3,4)14-20/h5-6,8-9,15,19H,7,10-14H2,1-4H3. The molecule has 1 aliphatic heterocycles. The van der Waals surface area contributed by atoms with Crippen molar-refractivity contribution in [3.8, 4) is 0 Å². The third-order valence-corrected chi connectivity index (χ3v) is 4.10. The van der Waals surface area contributed by atoms with Crippen LogP contribution in [0.2, 0.25) is 0 Å². The van der Waals surface area contributed by atoms with Gasteiger partial charge in [-0.15, -0.1) is 0 Å². The molecule has 0 spiro atoms. The van der Waals surface area contributed by atoms with Gasteiger partial charge in [0.2, 0.25) is 0 Å². The van der Waals surface area contributed by atoms with Crippen LogP contribution in [0.5, 0.6) is 0 Å². The predicted molar refractivity (Wildman–Crippen MR) is 88.2 cm³/mol. The molecule has 1 aromatic rings. The second kappa shape index (κ2) is 6.62. The zero-order valence-electron chi connectivity index (χ0n) is 13.6. The summed E-state index contributed by atoms with van der Waals surface area (Å²) >= 11 is 0. The van der Waals surface area contributed by atoms with Crippen LogP contribution in [-0.4, -0.2) is 19.6 Å². The lowest BCUT2D eigenvalue weighted by Crippen LogP contribution is -2.40. The quantitative estimate of drug-likeness (QED) is 0.871. The highest BCUT2D eigenvalue weighted by molar-refractivity contribution is 5.54. The van der Waals surface area contributed by atoms with Crippen LogP contribution < -0.4 is 10.2 Å². The first-order valence-corrected chi connectivity index (χ1v) is 8.01. The minimum Gasteiger partial charge on any atom is -0.371 e. The summed E-state index contributed by atoms with van der Waals surface area (Å²) in [7, 11) is 0. The van der Waals surface area contributed by atoms with Crippen LogP contribution in [0.25, 0.3) is 0 Å². The fourth-order valence-corrected chi connectivity index (χ4v) is 3.09. The highest BCUT2D eigenvalue weighted by Crippen LogP contribution is 2.32. The van der Waals surface area contributed by atoms with Crippen molar-refractivity contribution in [2.45, 2.75) is 47.1 Å². The number of benzene rings is 1. The Balaban J connectivity index is 2.07. The monoisotopic (exact) mass is 274 g/mol. The average molecular weight is 274 g/mol. The van der Waals surface area contributed by atoms with Crippen molar-refractivity contribution in [3.63, 3.8) is 0 Å². The fraction of sp³-hybridized carbons (Fsp3) is 0.667. The molecule has 112 valence electrons. The molecule has 2 heteroatoms. The number of hydrogen-bond donors (Lipinski definition) is 1. The molecule has 0 aliphatic carbocycles. The lowest BCUT2D eigenvalue weighted by molar-refractivity contribution is 0.293. The second-order valence-corrected chi connectivity index (χ2v) is 7.34. The molecule has 1 aromatic carbocycles. The third-order valence-electron chi connectivity index (χ3n) is 4.10. The molecule has 0 amide bonds. The van der Waals surface area contributed by atoms with Crippen molar-refractivity contribution in [3.05, 3.63) is 29.8 Å². The number of nitrogens with one attached hydrogen (secondary N) is 1. The smallest absolute Gasteiger partial charge is 0.0412 e. The molecular weight excluding hydrogens is 244 g/mol. The van der Waals surface area contributed by atoms with Crippen LogP contribution in [0.15, 0.2) is 24.3 Å². The van der Waals surface area contributed by atoms with Crippen molar-refractivity contribution in [1.82, 2.24) is 5.32 Å². The normalized spacial score (nSPS) is 18.6. The Bertz CT molecular complexity index is 423. The average Bonchev–Trinajstić information content (AvgIpc) is 2.37.